The normalized spacial score (nSPS) is 11.5. The number of primary sulfonamides is 1. The number of unbranched alkanes of at least 4 members (excludes halogenated alkanes) is 9. The predicted molar refractivity (Wildman–Crippen MR) is 109 cm³/mol. The maximum atomic E-state index is 11.5. The van der Waals surface area contributed by atoms with Gasteiger partial charge < -0.3 is 5.32 Å². The van der Waals surface area contributed by atoms with E-state index < -0.39 is 21.7 Å². The van der Waals surface area contributed by atoms with Crippen LogP contribution in [0.3, 0.4) is 0 Å². The molecule has 0 heterocycles. The molecule has 0 fully saturated rings. The molecule has 1 amide bonds. The van der Waals surface area contributed by atoms with E-state index in [9.17, 15) is 13.2 Å². The fraction of sp³-hybridized carbons (Fsp3) is 0.650. The summed E-state index contributed by atoms with van der Waals surface area (Å²) < 4.78 is 21.7. The summed E-state index contributed by atoms with van der Waals surface area (Å²) in [6.07, 6.45) is 14.3. The molecule has 1 aromatic rings. The molecule has 148 valence electrons. The van der Waals surface area contributed by atoms with Crippen molar-refractivity contribution in [2.75, 3.05) is 11.1 Å². The average Bonchev–Trinajstić information content (AvgIpc) is 2.56. The minimum atomic E-state index is -3.79. The molecule has 1 rings (SSSR count). The van der Waals surface area contributed by atoms with Gasteiger partial charge in [0.2, 0.25) is 15.9 Å². The van der Waals surface area contributed by atoms with E-state index in [0.717, 1.165) is 6.42 Å². The second-order valence-electron chi connectivity index (χ2n) is 6.98. The smallest absolute Gasteiger partial charge is 0.240 e. The van der Waals surface area contributed by atoms with Gasteiger partial charge in [-0.25, -0.2) is 13.6 Å². The van der Waals surface area contributed by atoms with Crippen molar-refractivity contribution in [3.63, 3.8) is 0 Å². The SMILES string of the molecule is CCCCCCCCCCCCc1ccc(NC(=O)CS(N)(=O)=O)cc1. The van der Waals surface area contributed by atoms with Gasteiger partial charge in [-0.2, -0.15) is 0 Å². The first-order chi connectivity index (χ1) is 12.4. The highest BCUT2D eigenvalue weighted by molar-refractivity contribution is 7.89. The number of hydrogen-bond donors (Lipinski definition) is 2. The summed E-state index contributed by atoms with van der Waals surface area (Å²) in [7, 11) is -3.79. The Morgan fingerprint density at radius 2 is 1.38 bits per heavy atom. The average molecular weight is 383 g/mol. The third kappa shape index (κ3) is 12.0. The number of nitrogens with one attached hydrogen (secondary N) is 1. The number of carbonyl (C=O) groups excluding carboxylic acids is 1. The van der Waals surface area contributed by atoms with Crippen LogP contribution in [0.5, 0.6) is 0 Å². The minimum absolute atomic E-state index is 0.588. The van der Waals surface area contributed by atoms with E-state index in [4.69, 9.17) is 5.14 Å². The Labute approximate surface area is 158 Å². The van der Waals surface area contributed by atoms with Crippen LogP contribution in [-0.2, 0) is 21.2 Å². The minimum Gasteiger partial charge on any atom is -0.325 e. The summed E-state index contributed by atoms with van der Waals surface area (Å²) in [5.41, 5.74) is 1.82. The topological polar surface area (TPSA) is 89.3 Å². The molecule has 0 saturated carbocycles. The molecule has 0 atom stereocenters. The summed E-state index contributed by atoms with van der Waals surface area (Å²) in [6, 6.07) is 7.54. The maximum absolute atomic E-state index is 11.5. The van der Waals surface area contributed by atoms with Crippen LogP contribution in [0.2, 0.25) is 0 Å². The van der Waals surface area contributed by atoms with Gasteiger partial charge in [0.05, 0.1) is 0 Å². The third-order valence-corrected chi connectivity index (χ3v) is 5.05. The van der Waals surface area contributed by atoms with Crippen molar-refractivity contribution in [3.8, 4) is 0 Å². The van der Waals surface area contributed by atoms with Crippen LogP contribution in [0.1, 0.15) is 76.7 Å². The van der Waals surface area contributed by atoms with Gasteiger partial charge in [0.1, 0.15) is 5.75 Å². The molecule has 0 aliphatic heterocycles. The van der Waals surface area contributed by atoms with Crippen molar-refractivity contribution in [2.45, 2.75) is 77.6 Å². The lowest BCUT2D eigenvalue weighted by Gasteiger charge is -2.06. The first kappa shape index (κ1) is 22.6. The molecule has 26 heavy (non-hydrogen) atoms. The highest BCUT2D eigenvalue weighted by atomic mass is 32.2. The second-order valence-corrected chi connectivity index (χ2v) is 8.60. The van der Waals surface area contributed by atoms with E-state index in [-0.39, 0.29) is 0 Å². The van der Waals surface area contributed by atoms with Gasteiger partial charge in [-0.05, 0) is 30.5 Å². The van der Waals surface area contributed by atoms with Crippen LogP contribution in [0.25, 0.3) is 0 Å². The van der Waals surface area contributed by atoms with Crippen LogP contribution < -0.4 is 10.5 Å². The standard InChI is InChI=1S/C20H34N2O3S/c1-2-3-4-5-6-7-8-9-10-11-12-18-13-15-19(16-14-18)22-20(23)17-26(21,24)25/h13-16H,2-12,17H2,1H3,(H,22,23)(H2,21,24,25). The molecule has 0 radical (unpaired) electrons. The number of nitrogens with two attached hydrogens (primary N) is 1. The fourth-order valence-electron chi connectivity index (χ4n) is 2.95. The van der Waals surface area contributed by atoms with E-state index in [1.807, 2.05) is 12.1 Å². The number of carbonyl (C=O) groups is 1. The van der Waals surface area contributed by atoms with Gasteiger partial charge in [-0.15, -0.1) is 0 Å². The first-order valence-corrected chi connectivity index (χ1v) is 11.5. The van der Waals surface area contributed by atoms with Crippen LogP contribution in [-0.4, -0.2) is 20.1 Å². The van der Waals surface area contributed by atoms with Crippen molar-refractivity contribution < 1.29 is 13.2 Å². The van der Waals surface area contributed by atoms with Crippen molar-refractivity contribution in [3.05, 3.63) is 29.8 Å². The molecule has 0 spiro atoms. The molecule has 3 N–H and O–H groups in total. The summed E-state index contributed by atoms with van der Waals surface area (Å²) in [5, 5.41) is 7.39. The fourth-order valence-corrected chi connectivity index (χ4v) is 3.39. The van der Waals surface area contributed by atoms with Gasteiger partial charge in [0.25, 0.3) is 0 Å². The summed E-state index contributed by atoms with van der Waals surface area (Å²) in [6.45, 7) is 2.25. The molecule has 0 unspecified atom stereocenters. The Hall–Kier alpha value is -1.40. The third-order valence-electron chi connectivity index (χ3n) is 4.39. The lowest BCUT2D eigenvalue weighted by molar-refractivity contribution is -0.113. The molecular weight excluding hydrogens is 348 g/mol. The predicted octanol–water partition coefficient (Wildman–Crippen LogP) is 4.38. The van der Waals surface area contributed by atoms with Crippen LogP contribution in [0.4, 0.5) is 5.69 Å². The molecule has 0 aliphatic carbocycles. The van der Waals surface area contributed by atoms with E-state index in [1.54, 1.807) is 12.1 Å². The number of amides is 1. The van der Waals surface area contributed by atoms with E-state index in [0.29, 0.717) is 5.69 Å². The zero-order valence-corrected chi connectivity index (χ0v) is 16.8. The van der Waals surface area contributed by atoms with Crippen LogP contribution in [0, 0.1) is 0 Å². The maximum Gasteiger partial charge on any atom is 0.240 e. The van der Waals surface area contributed by atoms with Crippen molar-refractivity contribution in [2.24, 2.45) is 5.14 Å². The Morgan fingerprint density at radius 3 is 1.88 bits per heavy atom. The first-order valence-electron chi connectivity index (χ1n) is 9.80. The number of anilines is 1. The number of benzene rings is 1. The van der Waals surface area contributed by atoms with Gasteiger partial charge in [0, 0.05) is 5.69 Å². The van der Waals surface area contributed by atoms with Crippen molar-refractivity contribution in [1.29, 1.82) is 0 Å². The summed E-state index contributed by atoms with van der Waals surface area (Å²) >= 11 is 0. The number of sulfonamides is 1. The lowest BCUT2D eigenvalue weighted by atomic mass is 10.0. The van der Waals surface area contributed by atoms with E-state index in [2.05, 4.69) is 12.2 Å². The largest absolute Gasteiger partial charge is 0.325 e. The van der Waals surface area contributed by atoms with Gasteiger partial charge >= 0.3 is 0 Å². The molecule has 5 nitrogen and oxygen atoms in total. The molecule has 0 aromatic heterocycles. The molecule has 0 aliphatic rings. The van der Waals surface area contributed by atoms with Gasteiger partial charge in [-0.3, -0.25) is 4.79 Å². The Bertz CT molecular complexity index is 612. The number of aryl methyl sites for hydroxylation is 1. The Kier molecular flexibility index (Phi) is 11.2. The summed E-state index contributed by atoms with van der Waals surface area (Å²) in [5.74, 6) is -1.32. The van der Waals surface area contributed by atoms with Gasteiger partial charge in [0.15, 0.2) is 0 Å². The molecule has 0 saturated heterocycles. The molecule has 0 bridgehead atoms. The van der Waals surface area contributed by atoms with Gasteiger partial charge in [-0.1, -0.05) is 76.8 Å². The lowest BCUT2D eigenvalue weighted by Crippen LogP contribution is -2.27. The van der Waals surface area contributed by atoms with Crippen LogP contribution >= 0.6 is 0 Å². The second kappa shape index (κ2) is 12.9. The van der Waals surface area contributed by atoms with E-state index >= 15 is 0 Å². The number of rotatable bonds is 14. The van der Waals surface area contributed by atoms with Crippen molar-refractivity contribution in [1.82, 2.24) is 0 Å². The zero-order chi connectivity index (χ0) is 19.3. The Morgan fingerprint density at radius 1 is 0.885 bits per heavy atom. The highest BCUT2D eigenvalue weighted by Gasteiger charge is 2.11. The number of hydrogen-bond acceptors (Lipinski definition) is 3. The van der Waals surface area contributed by atoms with Crippen LogP contribution in [0.15, 0.2) is 24.3 Å². The van der Waals surface area contributed by atoms with Crippen molar-refractivity contribution >= 4 is 21.6 Å². The quantitative estimate of drug-likeness (QED) is 0.468. The summed E-state index contributed by atoms with van der Waals surface area (Å²) in [4.78, 5) is 11.5. The molecule has 6 heteroatoms. The molecular formula is C20H34N2O3S. The highest BCUT2D eigenvalue weighted by Crippen LogP contribution is 2.14. The monoisotopic (exact) mass is 382 g/mol. The Balaban J connectivity index is 2.12. The van der Waals surface area contributed by atoms with E-state index in [1.165, 1.54) is 69.8 Å². The molecule has 1 aromatic carbocycles. The zero-order valence-electron chi connectivity index (χ0n) is 16.0.